The molecule has 0 aliphatic heterocycles. The number of hydrogen-bond acceptors (Lipinski definition) is 3. The summed E-state index contributed by atoms with van der Waals surface area (Å²) in [6, 6.07) is 3.72. The summed E-state index contributed by atoms with van der Waals surface area (Å²) in [6.45, 7) is 4.37. The van der Waals surface area contributed by atoms with Gasteiger partial charge in [0.25, 0.3) is 5.91 Å². The van der Waals surface area contributed by atoms with Crippen molar-refractivity contribution in [2.45, 2.75) is 32.2 Å². The minimum atomic E-state index is -0.291. The lowest BCUT2D eigenvalue weighted by Gasteiger charge is -2.29. The van der Waals surface area contributed by atoms with Crippen LogP contribution in [0.4, 0.5) is 0 Å². The van der Waals surface area contributed by atoms with Crippen molar-refractivity contribution in [2.24, 2.45) is 11.7 Å². The average Bonchev–Trinajstić information content (AvgIpc) is 3.13. The summed E-state index contributed by atoms with van der Waals surface area (Å²) in [4.78, 5) is 16.3. The van der Waals surface area contributed by atoms with Crippen LogP contribution in [-0.4, -0.2) is 23.0 Å². The van der Waals surface area contributed by atoms with Crippen molar-refractivity contribution in [1.29, 1.82) is 0 Å². The highest BCUT2D eigenvalue weighted by molar-refractivity contribution is 5.94. The van der Waals surface area contributed by atoms with Crippen LogP contribution in [0.25, 0.3) is 0 Å². The van der Waals surface area contributed by atoms with Gasteiger partial charge < -0.3 is 11.1 Å². The average molecular weight is 233 g/mol. The summed E-state index contributed by atoms with van der Waals surface area (Å²) in [5.41, 5.74) is 6.87. The molecule has 92 valence electrons. The van der Waals surface area contributed by atoms with Crippen LogP contribution < -0.4 is 11.1 Å². The summed E-state index contributed by atoms with van der Waals surface area (Å²) in [7, 11) is 0. The summed E-state index contributed by atoms with van der Waals surface area (Å²) < 4.78 is 0. The summed E-state index contributed by atoms with van der Waals surface area (Å²) in [5, 5.41) is 3.04. The number of carbonyl (C=O) groups is 1. The summed E-state index contributed by atoms with van der Waals surface area (Å²) in [6.07, 6.45) is 3.93. The minimum Gasteiger partial charge on any atom is -0.344 e. The van der Waals surface area contributed by atoms with E-state index < -0.39 is 0 Å². The first kappa shape index (κ1) is 12.0. The van der Waals surface area contributed by atoms with Crippen LogP contribution in [0.2, 0.25) is 0 Å². The second-order valence-electron chi connectivity index (χ2n) is 5.02. The molecule has 1 aliphatic rings. The van der Waals surface area contributed by atoms with Gasteiger partial charge in [-0.3, -0.25) is 9.78 Å². The summed E-state index contributed by atoms with van der Waals surface area (Å²) >= 11 is 0. The smallest absolute Gasteiger partial charge is 0.270 e. The second-order valence-corrected chi connectivity index (χ2v) is 5.02. The fourth-order valence-corrected chi connectivity index (χ4v) is 2.08. The Labute approximate surface area is 102 Å². The van der Waals surface area contributed by atoms with Gasteiger partial charge in [0.2, 0.25) is 0 Å². The molecule has 1 amide bonds. The van der Waals surface area contributed by atoms with E-state index in [0.717, 1.165) is 18.4 Å². The van der Waals surface area contributed by atoms with Crippen LogP contribution in [0.15, 0.2) is 18.3 Å². The molecule has 4 heteroatoms. The maximum Gasteiger partial charge on any atom is 0.270 e. The Morgan fingerprint density at radius 2 is 2.35 bits per heavy atom. The van der Waals surface area contributed by atoms with Gasteiger partial charge in [-0.1, -0.05) is 6.07 Å². The van der Waals surface area contributed by atoms with Crippen LogP contribution >= 0.6 is 0 Å². The van der Waals surface area contributed by atoms with Crippen molar-refractivity contribution in [3.63, 3.8) is 0 Å². The number of nitrogens with one attached hydrogen (secondary N) is 1. The molecule has 4 nitrogen and oxygen atoms in total. The molecule has 1 unspecified atom stereocenters. The molecule has 0 aromatic carbocycles. The topological polar surface area (TPSA) is 68.0 Å². The zero-order chi connectivity index (χ0) is 12.5. The van der Waals surface area contributed by atoms with Crippen molar-refractivity contribution >= 4 is 5.91 Å². The van der Waals surface area contributed by atoms with Gasteiger partial charge in [0, 0.05) is 12.7 Å². The zero-order valence-electron chi connectivity index (χ0n) is 10.4. The van der Waals surface area contributed by atoms with Crippen molar-refractivity contribution in [2.75, 3.05) is 6.54 Å². The number of carbonyl (C=O) groups excluding carboxylic acids is 1. The van der Waals surface area contributed by atoms with Gasteiger partial charge in [0.1, 0.15) is 5.69 Å². The van der Waals surface area contributed by atoms with Crippen molar-refractivity contribution in [3.05, 3.63) is 29.6 Å². The third kappa shape index (κ3) is 2.47. The number of nitrogens with two attached hydrogens (primary N) is 1. The van der Waals surface area contributed by atoms with E-state index in [4.69, 9.17) is 5.73 Å². The molecule has 0 spiro atoms. The minimum absolute atomic E-state index is 0.122. The monoisotopic (exact) mass is 233 g/mol. The van der Waals surface area contributed by atoms with E-state index in [-0.39, 0.29) is 11.4 Å². The van der Waals surface area contributed by atoms with Gasteiger partial charge in [-0.2, -0.15) is 0 Å². The fraction of sp³-hybridized carbons (Fsp3) is 0.538. The molecule has 1 aromatic rings. The lowest BCUT2D eigenvalue weighted by atomic mass is 9.95. The number of amides is 1. The quantitative estimate of drug-likeness (QED) is 0.822. The highest BCUT2D eigenvalue weighted by atomic mass is 16.2. The van der Waals surface area contributed by atoms with E-state index >= 15 is 0 Å². The van der Waals surface area contributed by atoms with E-state index in [1.165, 1.54) is 0 Å². The van der Waals surface area contributed by atoms with Crippen LogP contribution in [0.3, 0.4) is 0 Å². The molecule has 1 saturated carbocycles. The number of rotatable bonds is 4. The largest absolute Gasteiger partial charge is 0.344 e. The molecule has 2 rings (SSSR count). The highest BCUT2D eigenvalue weighted by Gasteiger charge is 2.41. The molecule has 3 N–H and O–H groups in total. The maximum absolute atomic E-state index is 12.1. The van der Waals surface area contributed by atoms with Crippen LogP contribution in [0, 0.1) is 12.8 Å². The predicted octanol–water partition coefficient (Wildman–Crippen LogP) is 1.25. The van der Waals surface area contributed by atoms with Gasteiger partial charge in [0.05, 0.1) is 5.54 Å². The predicted molar refractivity (Wildman–Crippen MR) is 66.6 cm³/mol. The Balaban J connectivity index is 2.13. The highest BCUT2D eigenvalue weighted by Crippen LogP contribution is 2.39. The van der Waals surface area contributed by atoms with Crippen LogP contribution in [-0.2, 0) is 0 Å². The van der Waals surface area contributed by atoms with Crippen molar-refractivity contribution < 1.29 is 4.79 Å². The number of aromatic nitrogens is 1. The molecule has 1 aliphatic carbocycles. The maximum atomic E-state index is 12.1. The van der Waals surface area contributed by atoms with E-state index in [9.17, 15) is 4.79 Å². The van der Waals surface area contributed by atoms with E-state index in [2.05, 4.69) is 10.3 Å². The SMILES string of the molecule is Cc1cccnc1C(=O)NC(C)(CN)C1CC1. The number of aryl methyl sites for hydroxylation is 1. The van der Waals surface area contributed by atoms with Crippen LogP contribution in [0.5, 0.6) is 0 Å². The normalized spacial score (nSPS) is 18.5. The third-order valence-corrected chi connectivity index (χ3v) is 3.53. The molecule has 0 radical (unpaired) electrons. The van der Waals surface area contributed by atoms with Gasteiger partial charge in [-0.15, -0.1) is 0 Å². The van der Waals surface area contributed by atoms with E-state index in [1.807, 2.05) is 26.0 Å². The Kier molecular flexibility index (Phi) is 3.15. The molecular formula is C13H19N3O. The Bertz CT molecular complexity index is 428. The van der Waals surface area contributed by atoms with Gasteiger partial charge >= 0.3 is 0 Å². The van der Waals surface area contributed by atoms with E-state index in [1.54, 1.807) is 6.20 Å². The zero-order valence-corrected chi connectivity index (χ0v) is 10.4. The lowest BCUT2D eigenvalue weighted by molar-refractivity contribution is 0.0892. The first-order valence-electron chi connectivity index (χ1n) is 6.01. The van der Waals surface area contributed by atoms with Crippen molar-refractivity contribution in [3.8, 4) is 0 Å². The molecular weight excluding hydrogens is 214 g/mol. The molecule has 0 saturated heterocycles. The molecule has 17 heavy (non-hydrogen) atoms. The number of hydrogen-bond donors (Lipinski definition) is 2. The van der Waals surface area contributed by atoms with Gasteiger partial charge in [-0.25, -0.2) is 0 Å². The third-order valence-electron chi connectivity index (χ3n) is 3.53. The van der Waals surface area contributed by atoms with Crippen LogP contribution in [0.1, 0.15) is 35.8 Å². The number of pyridine rings is 1. The first-order chi connectivity index (χ1) is 8.07. The number of nitrogens with zero attached hydrogens (tertiary/aromatic N) is 1. The van der Waals surface area contributed by atoms with E-state index in [0.29, 0.717) is 18.2 Å². The summed E-state index contributed by atoms with van der Waals surface area (Å²) in [5.74, 6) is 0.392. The molecule has 1 fully saturated rings. The lowest BCUT2D eigenvalue weighted by Crippen LogP contribution is -2.53. The Morgan fingerprint density at radius 3 is 2.88 bits per heavy atom. The molecule has 1 heterocycles. The molecule has 1 aromatic heterocycles. The molecule has 0 bridgehead atoms. The Morgan fingerprint density at radius 1 is 1.65 bits per heavy atom. The standard InChI is InChI=1S/C13H19N3O/c1-9-4-3-7-15-11(9)12(17)16-13(2,8-14)10-5-6-10/h3-4,7,10H,5-6,8,14H2,1-2H3,(H,16,17). The van der Waals surface area contributed by atoms with Gasteiger partial charge in [0.15, 0.2) is 0 Å². The van der Waals surface area contributed by atoms with Gasteiger partial charge in [-0.05, 0) is 44.2 Å². The van der Waals surface area contributed by atoms with Crippen molar-refractivity contribution in [1.82, 2.24) is 10.3 Å². The second kappa shape index (κ2) is 4.45. The first-order valence-corrected chi connectivity index (χ1v) is 6.01. The Hall–Kier alpha value is -1.42. The fourth-order valence-electron chi connectivity index (χ4n) is 2.08. The molecule has 1 atom stereocenters.